The minimum Gasteiger partial charge on any atom is -0.375 e. The summed E-state index contributed by atoms with van der Waals surface area (Å²) in [6.07, 6.45) is 2.94. The molecule has 1 atom stereocenters. The molecule has 0 bridgehead atoms. The molecule has 12 heteroatoms. The molecule has 3 aromatic heterocycles. The van der Waals surface area contributed by atoms with Crippen molar-refractivity contribution >= 4 is 49.8 Å². The van der Waals surface area contributed by atoms with E-state index >= 15 is 0 Å². The third-order valence-electron chi connectivity index (χ3n) is 5.12. The van der Waals surface area contributed by atoms with Crippen molar-refractivity contribution < 1.29 is 13.2 Å². The van der Waals surface area contributed by atoms with Gasteiger partial charge in [0.15, 0.2) is 32.6 Å². The summed E-state index contributed by atoms with van der Waals surface area (Å²) in [6.45, 7) is 3.98. The van der Waals surface area contributed by atoms with E-state index in [1.165, 1.54) is 17.6 Å². The summed E-state index contributed by atoms with van der Waals surface area (Å²) in [6, 6.07) is 6.54. The Morgan fingerprint density at radius 2 is 2.00 bits per heavy atom. The lowest BCUT2D eigenvalue weighted by Gasteiger charge is -2.31. The minimum atomic E-state index is -3.27. The predicted octanol–water partition coefficient (Wildman–Crippen LogP) is 2.64. The summed E-state index contributed by atoms with van der Waals surface area (Å²) in [5, 5.41) is 5.20. The molecule has 4 heterocycles. The van der Waals surface area contributed by atoms with Gasteiger partial charge in [-0.1, -0.05) is 0 Å². The Balaban J connectivity index is 1.59. The molecular weight excluding hydrogens is 450 g/mol. The van der Waals surface area contributed by atoms with E-state index in [-0.39, 0.29) is 11.0 Å². The number of anilines is 3. The number of thiazole rings is 1. The summed E-state index contributed by atoms with van der Waals surface area (Å²) < 4.78 is 31.0. The van der Waals surface area contributed by atoms with E-state index in [1.807, 2.05) is 16.9 Å². The first-order chi connectivity index (χ1) is 15.4. The Morgan fingerprint density at radius 3 is 2.69 bits per heavy atom. The highest BCUT2D eigenvalue weighted by atomic mass is 32.2. The number of nitrogens with one attached hydrogen (secondary N) is 1. The van der Waals surface area contributed by atoms with Gasteiger partial charge >= 0.3 is 0 Å². The number of hydrogen-bond donors (Lipinski definition) is 1. The van der Waals surface area contributed by atoms with Crippen LogP contribution in [0.25, 0.3) is 17.0 Å². The van der Waals surface area contributed by atoms with Crippen molar-refractivity contribution in [3.63, 3.8) is 0 Å². The number of fused-ring (bicyclic) bond motifs is 1. The van der Waals surface area contributed by atoms with Gasteiger partial charge in [0, 0.05) is 30.4 Å². The Morgan fingerprint density at radius 1 is 1.19 bits per heavy atom. The molecule has 4 aromatic rings. The topological polar surface area (TPSA) is 115 Å². The van der Waals surface area contributed by atoms with E-state index < -0.39 is 9.84 Å². The van der Waals surface area contributed by atoms with Crippen LogP contribution in [0.4, 0.5) is 17.5 Å². The van der Waals surface area contributed by atoms with Gasteiger partial charge in [0.1, 0.15) is 6.33 Å². The normalized spacial score (nSPS) is 17.1. The van der Waals surface area contributed by atoms with Crippen molar-refractivity contribution in [3.05, 3.63) is 41.5 Å². The Labute approximate surface area is 188 Å². The minimum absolute atomic E-state index is 0.0754. The molecule has 1 aliphatic heterocycles. The van der Waals surface area contributed by atoms with Gasteiger partial charge < -0.3 is 15.0 Å². The highest BCUT2D eigenvalue weighted by molar-refractivity contribution is 7.90. The largest absolute Gasteiger partial charge is 0.375 e. The summed E-state index contributed by atoms with van der Waals surface area (Å²) >= 11 is 1.49. The lowest BCUT2D eigenvalue weighted by atomic mass is 10.3. The van der Waals surface area contributed by atoms with Crippen molar-refractivity contribution in [3.8, 4) is 5.82 Å². The van der Waals surface area contributed by atoms with Crippen LogP contribution in [0.2, 0.25) is 0 Å². The molecule has 10 nitrogen and oxygen atoms in total. The van der Waals surface area contributed by atoms with Gasteiger partial charge in [-0.25, -0.2) is 18.4 Å². The molecule has 1 saturated heterocycles. The number of morpholine rings is 1. The highest BCUT2D eigenvalue weighted by Gasteiger charge is 2.23. The molecule has 0 radical (unpaired) electrons. The molecule has 1 aromatic carbocycles. The second-order valence-electron chi connectivity index (χ2n) is 7.55. The molecule has 32 heavy (non-hydrogen) atoms. The van der Waals surface area contributed by atoms with Crippen LogP contribution in [0.15, 0.2) is 46.4 Å². The fourth-order valence-corrected chi connectivity index (χ4v) is 4.69. The van der Waals surface area contributed by atoms with E-state index in [9.17, 15) is 8.42 Å². The van der Waals surface area contributed by atoms with Crippen molar-refractivity contribution in [2.45, 2.75) is 17.9 Å². The molecule has 1 fully saturated rings. The fourth-order valence-electron chi connectivity index (χ4n) is 3.53. The van der Waals surface area contributed by atoms with E-state index in [0.29, 0.717) is 48.3 Å². The van der Waals surface area contributed by atoms with Crippen LogP contribution in [0.1, 0.15) is 6.92 Å². The number of rotatable bonds is 5. The van der Waals surface area contributed by atoms with Crippen LogP contribution in [0.3, 0.4) is 0 Å². The van der Waals surface area contributed by atoms with Gasteiger partial charge in [-0.3, -0.25) is 4.57 Å². The average molecular weight is 472 g/mol. The second-order valence-corrected chi connectivity index (χ2v) is 10.3. The number of aromatic nitrogens is 5. The van der Waals surface area contributed by atoms with Crippen LogP contribution in [0.5, 0.6) is 0 Å². The first kappa shape index (κ1) is 20.8. The zero-order valence-electron chi connectivity index (χ0n) is 17.5. The zero-order valence-corrected chi connectivity index (χ0v) is 19.1. The maximum atomic E-state index is 11.8. The molecule has 1 aliphatic rings. The standard InChI is InChI=1S/C20H21N7O3S2/c1-13-9-26(7-8-30-13)20-24-18(23-14-3-5-15(6-4-14)32(2,28)29)17-19(25-20)27(11-21-17)16-10-31-12-22-16/h3-6,10-13H,7-9H2,1-2H3,(H,23,24,25)/t13-/m1/s1. The molecule has 0 amide bonds. The first-order valence-corrected chi connectivity index (χ1v) is 12.8. The van der Waals surface area contributed by atoms with Gasteiger partial charge in [-0.15, -0.1) is 11.3 Å². The van der Waals surface area contributed by atoms with Crippen LogP contribution in [0, 0.1) is 0 Å². The van der Waals surface area contributed by atoms with Crippen LogP contribution in [-0.4, -0.2) is 65.0 Å². The molecule has 0 unspecified atom stereocenters. The zero-order chi connectivity index (χ0) is 22.3. The first-order valence-electron chi connectivity index (χ1n) is 9.96. The summed E-state index contributed by atoms with van der Waals surface area (Å²) in [5.41, 5.74) is 3.68. The number of sulfone groups is 1. The van der Waals surface area contributed by atoms with Gasteiger partial charge in [0.05, 0.1) is 23.1 Å². The summed E-state index contributed by atoms with van der Waals surface area (Å²) in [4.78, 5) is 20.8. The molecule has 1 N–H and O–H groups in total. The lowest BCUT2D eigenvalue weighted by molar-refractivity contribution is 0.0526. The monoisotopic (exact) mass is 471 g/mol. The van der Waals surface area contributed by atoms with Gasteiger partial charge in [-0.05, 0) is 31.2 Å². The average Bonchev–Trinajstić information content (AvgIpc) is 3.43. The maximum absolute atomic E-state index is 11.8. The van der Waals surface area contributed by atoms with Crippen molar-refractivity contribution in [1.82, 2.24) is 24.5 Å². The van der Waals surface area contributed by atoms with Crippen LogP contribution < -0.4 is 10.2 Å². The van der Waals surface area contributed by atoms with Gasteiger partial charge in [0.25, 0.3) is 0 Å². The molecule has 0 spiro atoms. The number of benzene rings is 1. The van der Waals surface area contributed by atoms with Crippen molar-refractivity contribution in [2.24, 2.45) is 0 Å². The SMILES string of the molecule is C[C@@H]1CN(c2nc(Nc3ccc(S(C)(=O)=O)cc3)c3ncn(-c4cscn4)c3n2)CCO1. The van der Waals surface area contributed by atoms with Gasteiger partial charge in [-0.2, -0.15) is 9.97 Å². The number of imidazole rings is 1. The molecule has 0 aliphatic carbocycles. The van der Waals surface area contributed by atoms with E-state index in [0.717, 1.165) is 5.82 Å². The number of hydrogen-bond acceptors (Lipinski definition) is 10. The number of ether oxygens (including phenoxy) is 1. The molecule has 0 saturated carbocycles. The third-order valence-corrected chi connectivity index (χ3v) is 6.82. The predicted molar refractivity (Wildman–Crippen MR) is 123 cm³/mol. The Kier molecular flexibility index (Phi) is 5.27. The van der Waals surface area contributed by atoms with Crippen LogP contribution in [-0.2, 0) is 14.6 Å². The molecular formula is C20H21N7O3S2. The van der Waals surface area contributed by atoms with Crippen LogP contribution >= 0.6 is 11.3 Å². The maximum Gasteiger partial charge on any atom is 0.229 e. The summed E-state index contributed by atoms with van der Waals surface area (Å²) in [7, 11) is -3.27. The Hall–Kier alpha value is -3.09. The summed E-state index contributed by atoms with van der Waals surface area (Å²) in [5.74, 6) is 1.84. The van der Waals surface area contributed by atoms with E-state index in [1.54, 1.807) is 36.1 Å². The fraction of sp³-hybridized carbons (Fsp3) is 0.300. The molecule has 166 valence electrons. The quantitative estimate of drug-likeness (QED) is 0.469. The number of nitrogens with zero attached hydrogens (tertiary/aromatic N) is 6. The smallest absolute Gasteiger partial charge is 0.229 e. The third kappa shape index (κ3) is 4.04. The van der Waals surface area contributed by atoms with Crippen molar-refractivity contribution in [1.29, 1.82) is 0 Å². The second kappa shape index (κ2) is 8.11. The van der Waals surface area contributed by atoms with E-state index in [2.05, 4.69) is 20.2 Å². The van der Waals surface area contributed by atoms with Gasteiger partial charge in [0.2, 0.25) is 5.95 Å². The molecule has 5 rings (SSSR count). The van der Waals surface area contributed by atoms with E-state index in [4.69, 9.17) is 14.7 Å². The van der Waals surface area contributed by atoms with Crippen molar-refractivity contribution in [2.75, 3.05) is 36.2 Å². The Bertz CT molecular complexity index is 1350. The highest BCUT2D eigenvalue weighted by Crippen LogP contribution is 2.28. The lowest BCUT2D eigenvalue weighted by Crippen LogP contribution is -2.42.